The molecule has 1 aromatic rings. The van der Waals surface area contributed by atoms with Crippen LogP contribution in [0.3, 0.4) is 0 Å². The number of halogens is 1. The van der Waals surface area contributed by atoms with E-state index in [1.807, 2.05) is 13.1 Å². The van der Waals surface area contributed by atoms with Gasteiger partial charge in [-0.25, -0.2) is 0 Å². The molecule has 1 heterocycles. The molecule has 3 heteroatoms. The number of hydrogen-bond donors (Lipinski definition) is 0. The van der Waals surface area contributed by atoms with E-state index in [4.69, 9.17) is 0 Å². The average Bonchev–Trinajstić information content (AvgIpc) is 2.47. The van der Waals surface area contributed by atoms with Crippen molar-refractivity contribution in [2.24, 2.45) is 0 Å². The number of unbranched alkanes of at least 4 members (excludes halogenated alkanes) is 1. The molecule has 0 aliphatic heterocycles. The second kappa shape index (κ2) is 9.12. The van der Waals surface area contributed by atoms with Gasteiger partial charge in [0.05, 0.1) is 0 Å². The van der Waals surface area contributed by atoms with Crippen molar-refractivity contribution in [3.63, 3.8) is 0 Å². The van der Waals surface area contributed by atoms with Crippen LogP contribution in [0, 0.1) is 12.9 Å². The summed E-state index contributed by atoms with van der Waals surface area (Å²) in [7, 11) is 0. The molecule has 0 radical (unpaired) electrons. The molecule has 0 saturated heterocycles. The predicted molar refractivity (Wildman–Crippen MR) is 93.5 cm³/mol. The third-order valence-electron chi connectivity index (χ3n) is 4.90. The minimum atomic E-state index is -2.48. The maximum atomic E-state index is 13.5. The van der Waals surface area contributed by atoms with Gasteiger partial charge in [-0.05, 0) is 0 Å². The molecule has 120 valence electrons. The van der Waals surface area contributed by atoms with Gasteiger partial charge in [-0.3, -0.25) is 0 Å². The van der Waals surface area contributed by atoms with E-state index in [0.29, 0.717) is 0 Å². The maximum absolute atomic E-state index is 13.5. The number of nitrogens with zero attached hydrogens (tertiary/aromatic N) is 1. The molecule has 0 amide bonds. The zero-order chi connectivity index (χ0) is 15.9. The molecule has 0 N–H and O–H groups in total. The molecular formula is C18H32FNSn. The number of aryl methyl sites for hydroxylation is 1. The molecule has 1 aromatic heterocycles. The Morgan fingerprint density at radius 2 is 1.76 bits per heavy atom. The molecule has 1 rings (SSSR count). The van der Waals surface area contributed by atoms with Gasteiger partial charge in [-0.2, -0.15) is 0 Å². The fraction of sp³-hybridized carbons (Fsp3) is 0.722. The normalized spacial score (nSPS) is 14.4. The van der Waals surface area contributed by atoms with Crippen LogP contribution in [0.1, 0.15) is 64.9 Å². The molecule has 0 aliphatic rings. The van der Waals surface area contributed by atoms with E-state index in [1.165, 1.54) is 46.5 Å². The van der Waals surface area contributed by atoms with Crippen LogP contribution in [0.2, 0.25) is 13.3 Å². The minimum absolute atomic E-state index is 0.301. The van der Waals surface area contributed by atoms with Gasteiger partial charge in [0, 0.05) is 0 Å². The second-order valence-electron chi connectivity index (χ2n) is 6.63. The van der Waals surface area contributed by atoms with Crippen LogP contribution in [0.15, 0.2) is 12.3 Å². The first-order valence-corrected chi connectivity index (χ1v) is 16.6. The van der Waals surface area contributed by atoms with E-state index >= 15 is 0 Å². The van der Waals surface area contributed by atoms with Crippen molar-refractivity contribution in [2.45, 2.75) is 79.5 Å². The third-order valence-corrected chi connectivity index (χ3v) is 20.2. The summed E-state index contributed by atoms with van der Waals surface area (Å²) in [5, 5.41) is 0. The fourth-order valence-electron chi connectivity index (χ4n) is 3.48. The average molecular weight is 400 g/mol. The number of pyridine rings is 1. The van der Waals surface area contributed by atoms with E-state index in [-0.39, 0.29) is 5.95 Å². The van der Waals surface area contributed by atoms with Crippen LogP contribution >= 0.6 is 0 Å². The predicted octanol–water partition coefficient (Wildman–Crippen LogP) is 5.59. The van der Waals surface area contributed by atoms with Crippen LogP contribution in [-0.2, 0) is 0 Å². The fourth-order valence-corrected chi connectivity index (χ4v) is 17.8. The Hall–Kier alpha value is -0.121. The van der Waals surface area contributed by atoms with E-state index < -0.39 is 18.4 Å². The van der Waals surface area contributed by atoms with Crippen LogP contribution < -0.4 is 3.58 Å². The van der Waals surface area contributed by atoms with Crippen molar-refractivity contribution in [3.05, 3.63) is 23.8 Å². The number of aromatic nitrogens is 1. The first-order chi connectivity index (χ1) is 9.99. The number of rotatable bonds is 9. The van der Waals surface area contributed by atoms with Crippen LogP contribution in [0.4, 0.5) is 4.39 Å². The van der Waals surface area contributed by atoms with E-state index in [0.717, 1.165) is 9.50 Å². The van der Waals surface area contributed by atoms with E-state index in [9.17, 15) is 4.39 Å². The van der Waals surface area contributed by atoms with Crippen LogP contribution in [-0.4, -0.2) is 23.4 Å². The van der Waals surface area contributed by atoms with Crippen molar-refractivity contribution in [1.82, 2.24) is 4.98 Å². The zero-order valence-electron chi connectivity index (χ0n) is 14.5. The summed E-state index contributed by atoms with van der Waals surface area (Å²) in [6, 6.07) is 2.12. The molecule has 0 aromatic carbocycles. The van der Waals surface area contributed by atoms with Crippen molar-refractivity contribution >= 4 is 22.0 Å². The van der Waals surface area contributed by atoms with Gasteiger partial charge < -0.3 is 0 Å². The van der Waals surface area contributed by atoms with Crippen molar-refractivity contribution in [1.29, 1.82) is 0 Å². The Morgan fingerprint density at radius 3 is 2.24 bits per heavy atom. The Morgan fingerprint density at radius 1 is 1.14 bits per heavy atom. The van der Waals surface area contributed by atoms with Crippen molar-refractivity contribution in [2.75, 3.05) is 0 Å². The first kappa shape index (κ1) is 18.9. The molecule has 21 heavy (non-hydrogen) atoms. The van der Waals surface area contributed by atoms with Gasteiger partial charge in [0.15, 0.2) is 0 Å². The molecule has 0 spiro atoms. The summed E-state index contributed by atoms with van der Waals surface area (Å²) in [6.07, 6.45) is 9.62. The summed E-state index contributed by atoms with van der Waals surface area (Å²) in [4.78, 5) is 6.62. The Bertz CT molecular complexity index is 429. The van der Waals surface area contributed by atoms with Crippen LogP contribution in [0.25, 0.3) is 0 Å². The summed E-state index contributed by atoms with van der Waals surface area (Å²) in [5.74, 6) is -0.301. The Balaban J connectivity index is 3.18. The van der Waals surface area contributed by atoms with Gasteiger partial charge in [-0.15, -0.1) is 0 Å². The quantitative estimate of drug-likeness (QED) is 0.389. The zero-order valence-corrected chi connectivity index (χ0v) is 17.4. The summed E-state index contributed by atoms with van der Waals surface area (Å²) < 4.78 is 17.2. The van der Waals surface area contributed by atoms with Crippen molar-refractivity contribution < 1.29 is 4.39 Å². The molecule has 1 nitrogen and oxygen atoms in total. The topological polar surface area (TPSA) is 12.9 Å². The molecule has 0 bridgehead atoms. The van der Waals surface area contributed by atoms with Gasteiger partial charge in [0.2, 0.25) is 0 Å². The summed E-state index contributed by atoms with van der Waals surface area (Å²) in [6.45, 7) is 8.72. The summed E-state index contributed by atoms with van der Waals surface area (Å²) >= 11 is -2.48. The van der Waals surface area contributed by atoms with Crippen molar-refractivity contribution in [3.8, 4) is 0 Å². The van der Waals surface area contributed by atoms with Gasteiger partial charge in [-0.1, -0.05) is 0 Å². The monoisotopic (exact) mass is 401 g/mol. The Kier molecular flexibility index (Phi) is 8.22. The first-order valence-electron chi connectivity index (χ1n) is 8.62. The molecule has 1 atom stereocenters. The molecule has 0 saturated carbocycles. The van der Waals surface area contributed by atoms with Gasteiger partial charge in [0.25, 0.3) is 0 Å². The molecular weight excluding hydrogens is 368 g/mol. The summed E-state index contributed by atoms with van der Waals surface area (Å²) in [5.41, 5.74) is 0.721. The second-order valence-corrected chi connectivity index (χ2v) is 20.1. The number of hydrogen-bond acceptors (Lipinski definition) is 1. The Labute approximate surface area is 134 Å². The molecule has 0 fully saturated rings. The van der Waals surface area contributed by atoms with E-state index in [1.54, 1.807) is 0 Å². The standard InChI is InChI=1S/C7H15.C6H5FN.C4H9.CH3.Sn/c1-3-5-7-6-4-2;1-5-3-2-4-8-6(5)7;1-3-4-2;;/h7H,3-6H2,1-2H3;3-4H,1H3;1,3-4H2,2H3;1H3;. The third kappa shape index (κ3) is 4.94. The van der Waals surface area contributed by atoms with E-state index in [2.05, 4.69) is 36.8 Å². The van der Waals surface area contributed by atoms with Gasteiger partial charge in [0.1, 0.15) is 0 Å². The van der Waals surface area contributed by atoms with Gasteiger partial charge >= 0.3 is 135 Å². The molecule has 1 unspecified atom stereocenters. The SMILES string of the molecule is CCC[CH2][Sn]([CH3])([c]1cnc(F)c(C)c1)[CH](CCC)CCC. The molecule has 0 aliphatic carbocycles. The van der Waals surface area contributed by atoms with Crippen LogP contribution in [0.5, 0.6) is 0 Å².